The number of likely N-dealkylation sites (N-methyl/N-ethyl adjacent to an activating group) is 1. The van der Waals surface area contributed by atoms with Crippen LogP contribution >= 0.6 is 23.2 Å². The highest BCUT2D eigenvalue weighted by Crippen LogP contribution is 2.28. The first-order valence-electron chi connectivity index (χ1n) is 8.66. The van der Waals surface area contributed by atoms with Gasteiger partial charge in [-0.1, -0.05) is 53.5 Å². The van der Waals surface area contributed by atoms with E-state index in [0.29, 0.717) is 5.92 Å². The Kier molecular flexibility index (Phi) is 8.07. The summed E-state index contributed by atoms with van der Waals surface area (Å²) < 4.78 is 0. The fraction of sp³-hybridized carbons (Fsp3) is 0.400. The maximum absolute atomic E-state index is 6.37. The van der Waals surface area contributed by atoms with Crippen LogP contribution in [0.15, 0.2) is 48.5 Å². The summed E-state index contributed by atoms with van der Waals surface area (Å²) in [5.41, 5.74) is 2.56. The number of nitrogens with two attached hydrogens (primary N) is 1. The van der Waals surface area contributed by atoms with E-state index in [2.05, 4.69) is 43.7 Å². The van der Waals surface area contributed by atoms with Gasteiger partial charge in [0.25, 0.3) is 0 Å². The molecule has 0 aliphatic carbocycles. The molecule has 0 bridgehead atoms. The Bertz CT molecular complexity index is 611. The number of benzene rings is 2. The van der Waals surface area contributed by atoms with Crippen molar-refractivity contribution in [3.8, 4) is 0 Å². The van der Waals surface area contributed by atoms with Crippen molar-refractivity contribution < 1.29 is 10.2 Å². The molecule has 4 heteroatoms. The van der Waals surface area contributed by atoms with Crippen molar-refractivity contribution in [2.24, 2.45) is 0 Å². The SMILES string of the molecule is C[NH+](C)CC[NH2+]CC[C@@H](Cc1ccccc1Cl)c1ccc(Cl)cc1. The van der Waals surface area contributed by atoms with Crippen molar-refractivity contribution in [2.75, 3.05) is 33.7 Å². The monoisotopic (exact) mass is 366 g/mol. The summed E-state index contributed by atoms with van der Waals surface area (Å²) >= 11 is 12.4. The van der Waals surface area contributed by atoms with Crippen molar-refractivity contribution in [1.82, 2.24) is 0 Å². The van der Waals surface area contributed by atoms with Crippen molar-refractivity contribution in [2.45, 2.75) is 18.8 Å². The summed E-state index contributed by atoms with van der Waals surface area (Å²) in [4.78, 5) is 1.50. The lowest BCUT2D eigenvalue weighted by Gasteiger charge is -2.18. The van der Waals surface area contributed by atoms with Crippen molar-refractivity contribution in [3.63, 3.8) is 0 Å². The van der Waals surface area contributed by atoms with Crippen LogP contribution in [0.3, 0.4) is 0 Å². The first-order chi connectivity index (χ1) is 11.6. The Morgan fingerprint density at radius 2 is 1.67 bits per heavy atom. The van der Waals surface area contributed by atoms with E-state index in [9.17, 15) is 0 Å². The Hall–Kier alpha value is -1.06. The Morgan fingerprint density at radius 1 is 0.958 bits per heavy atom. The largest absolute Gasteiger partial charge is 0.342 e. The van der Waals surface area contributed by atoms with E-state index in [4.69, 9.17) is 23.2 Å². The molecular formula is C20H28Cl2N2+2. The van der Waals surface area contributed by atoms with E-state index in [1.54, 1.807) is 0 Å². The molecule has 0 aliphatic heterocycles. The maximum Gasteiger partial charge on any atom is 0.126 e. The minimum atomic E-state index is 0.463. The van der Waals surface area contributed by atoms with Crippen LogP contribution < -0.4 is 10.2 Å². The molecule has 0 heterocycles. The van der Waals surface area contributed by atoms with E-state index >= 15 is 0 Å². The van der Waals surface area contributed by atoms with Crippen LogP contribution in [0.2, 0.25) is 10.0 Å². The number of nitrogens with one attached hydrogen (secondary N) is 1. The second-order valence-electron chi connectivity index (χ2n) is 6.66. The summed E-state index contributed by atoms with van der Waals surface area (Å²) in [5, 5.41) is 4.06. The predicted molar refractivity (Wildman–Crippen MR) is 103 cm³/mol. The fourth-order valence-electron chi connectivity index (χ4n) is 2.91. The Morgan fingerprint density at radius 3 is 2.33 bits per heavy atom. The lowest BCUT2D eigenvalue weighted by atomic mass is 9.89. The molecule has 130 valence electrons. The average Bonchev–Trinajstić information content (AvgIpc) is 2.56. The van der Waals surface area contributed by atoms with Gasteiger partial charge in [0.2, 0.25) is 0 Å². The zero-order valence-corrected chi connectivity index (χ0v) is 16.1. The van der Waals surface area contributed by atoms with Crippen LogP contribution in [0.25, 0.3) is 0 Å². The summed E-state index contributed by atoms with van der Waals surface area (Å²) in [7, 11) is 4.39. The third-order valence-electron chi connectivity index (χ3n) is 4.33. The molecule has 0 aliphatic rings. The standard InChI is InChI=1S/C20H26Cl2N2/c1-24(2)14-13-23-12-11-17(16-7-9-19(21)10-8-16)15-18-5-3-4-6-20(18)22/h3-10,17,23H,11-15H2,1-2H3/p+2/t17-/m0/s1. The summed E-state index contributed by atoms with van der Waals surface area (Å²) in [6.07, 6.45) is 2.10. The average molecular weight is 367 g/mol. The Balaban J connectivity index is 2.01. The molecule has 2 nitrogen and oxygen atoms in total. The normalized spacial score (nSPS) is 12.5. The molecule has 0 fully saturated rings. The minimum absolute atomic E-state index is 0.463. The van der Waals surface area contributed by atoms with Gasteiger partial charge >= 0.3 is 0 Å². The van der Waals surface area contributed by atoms with Gasteiger partial charge in [0.1, 0.15) is 13.1 Å². The first kappa shape index (κ1) is 19.3. The molecule has 3 N–H and O–H groups in total. The number of rotatable bonds is 9. The van der Waals surface area contributed by atoms with Crippen LogP contribution in [0.5, 0.6) is 0 Å². The van der Waals surface area contributed by atoms with Gasteiger partial charge in [-0.05, 0) is 41.7 Å². The lowest BCUT2D eigenvalue weighted by molar-refractivity contribution is -0.874. The van der Waals surface area contributed by atoms with Crippen LogP contribution in [0.4, 0.5) is 0 Å². The van der Waals surface area contributed by atoms with Crippen LogP contribution in [0, 0.1) is 0 Å². The van der Waals surface area contributed by atoms with Crippen LogP contribution in [-0.2, 0) is 6.42 Å². The zero-order chi connectivity index (χ0) is 17.4. The molecule has 0 aromatic heterocycles. The lowest BCUT2D eigenvalue weighted by Crippen LogP contribution is -3.09. The number of quaternary nitrogens is 2. The molecule has 1 atom stereocenters. The zero-order valence-electron chi connectivity index (χ0n) is 14.6. The Labute approximate surface area is 155 Å². The third-order valence-corrected chi connectivity index (χ3v) is 4.95. The second kappa shape index (κ2) is 10.0. The molecule has 24 heavy (non-hydrogen) atoms. The van der Waals surface area contributed by atoms with E-state index in [1.807, 2.05) is 24.3 Å². The van der Waals surface area contributed by atoms with Gasteiger partial charge < -0.3 is 10.2 Å². The molecule has 2 rings (SSSR count). The second-order valence-corrected chi connectivity index (χ2v) is 7.50. The van der Waals surface area contributed by atoms with Crippen molar-refractivity contribution >= 4 is 23.2 Å². The number of hydrogen-bond acceptors (Lipinski definition) is 0. The predicted octanol–water partition coefficient (Wildman–Crippen LogP) is 2.42. The van der Waals surface area contributed by atoms with E-state index in [0.717, 1.165) is 29.4 Å². The molecule has 0 radical (unpaired) electrons. The van der Waals surface area contributed by atoms with Gasteiger partial charge in [0, 0.05) is 16.5 Å². The molecule has 0 saturated heterocycles. The van der Waals surface area contributed by atoms with Crippen LogP contribution in [0.1, 0.15) is 23.5 Å². The number of halogens is 2. The van der Waals surface area contributed by atoms with Gasteiger partial charge in [0.05, 0.1) is 20.6 Å². The van der Waals surface area contributed by atoms with Crippen LogP contribution in [-0.4, -0.2) is 33.7 Å². The van der Waals surface area contributed by atoms with E-state index in [1.165, 1.54) is 29.1 Å². The topological polar surface area (TPSA) is 21.1 Å². The smallest absolute Gasteiger partial charge is 0.126 e. The molecule has 0 saturated carbocycles. The fourth-order valence-corrected chi connectivity index (χ4v) is 3.24. The highest BCUT2D eigenvalue weighted by Gasteiger charge is 2.15. The van der Waals surface area contributed by atoms with E-state index < -0.39 is 0 Å². The van der Waals surface area contributed by atoms with Gasteiger partial charge in [0.15, 0.2) is 0 Å². The van der Waals surface area contributed by atoms with Crippen molar-refractivity contribution in [3.05, 3.63) is 69.7 Å². The van der Waals surface area contributed by atoms with Gasteiger partial charge in [-0.15, -0.1) is 0 Å². The highest BCUT2D eigenvalue weighted by molar-refractivity contribution is 6.31. The van der Waals surface area contributed by atoms with E-state index in [-0.39, 0.29) is 0 Å². The molecule has 2 aromatic rings. The molecule has 0 spiro atoms. The quantitative estimate of drug-likeness (QED) is 0.636. The highest BCUT2D eigenvalue weighted by atomic mass is 35.5. The van der Waals surface area contributed by atoms with Gasteiger partial charge in [-0.2, -0.15) is 0 Å². The maximum atomic E-state index is 6.37. The first-order valence-corrected chi connectivity index (χ1v) is 9.41. The molecule has 2 aromatic carbocycles. The summed E-state index contributed by atoms with van der Waals surface area (Å²) in [5.74, 6) is 0.463. The summed E-state index contributed by atoms with van der Waals surface area (Å²) in [6, 6.07) is 16.4. The molecular weight excluding hydrogens is 339 g/mol. The number of hydrogen-bond donors (Lipinski definition) is 2. The third kappa shape index (κ3) is 6.45. The van der Waals surface area contributed by atoms with Crippen molar-refractivity contribution in [1.29, 1.82) is 0 Å². The molecule has 0 amide bonds. The minimum Gasteiger partial charge on any atom is -0.342 e. The molecule has 0 unspecified atom stereocenters. The summed E-state index contributed by atoms with van der Waals surface area (Å²) in [6.45, 7) is 3.49. The van der Waals surface area contributed by atoms with Gasteiger partial charge in [-0.3, -0.25) is 0 Å². The van der Waals surface area contributed by atoms with Gasteiger partial charge in [-0.25, -0.2) is 0 Å².